The molecule has 0 bridgehead atoms. The summed E-state index contributed by atoms with van der Waals surface area (Å²) in [6, 6.07) is 7.34. The van der Waals surface area contributed by atoms with Crippen LogP contribution in [0.2, 0.25) is 0 Å². The second kappa shape index (κ2) is 5.57. The molecule has 0 atom stereocenters. The van der Waals surface area contributed by atoms with Crippen molar-refractivity contribution in [1.82, 2.24) is 4.98 Å². The van der Waals surface area contributed by atoms with Gasteiger partial charge in [-0.2, -0.15) is 0 Å². The Balaban J connectivity index is 2.27. The van der Waals surface area contributed by atoms with Gasteiger partial charge in [-0.3, -0.25) is 4.79 Å². The van der Waals surface area contributed by atoms with Crippen LogP contribution in [0.15, 0.2) is 34.2 Å². The number of rotatable bonds is 2. The van der Waals surface area contributed by atoms with Crippen LogP contribution in [0.1, 0.15) is 12.5 Å². The number of nitrogens with one attached hydrogen (secondary N) is 1. The lowest BCUT2D eigenvalue weighted by Gasteiger charge is -2.30. The lowest BCUT2D eigenvalue weighted by Crippen LogP contribution is -2.39. The highest BCUT2D eigenvalue weighted by atomic mass is 16.5. The molecular weight excluding hydrogens is 270 g/mol. The molecule has 6 heteroatoms. The van der Waals surface area contributed by atoms with Crippen molar-refractivity contribution in [2.24, 2.45) is 5.16 Å². The third kappa shape index (κ3) is 2.38. The van der Waals surface area contributed by atoms with Crippen molar-refractivity contribution in [2.75, 3.05) is 31.2 Å². The minimum atomic E-state index is -0.124. The maximum absolute atomic E-state index is 12.7. The predicted molar refractivity (Wildman–Crippen MR) is 81.6 cm³/mol. The van der Waals surface area contributed by atoms with Crippen LogP contribution in [0.5, 0.6) is 0 Å². The number of hydrogen-bond donors (Lipinski definition) is 2. The van der Waals surface area contributed by atoms with Gasteiger partial charge >= 0.3 is 0 Å². The molecule has 1 aromatic carbocycles. The number of anilines is 1. The SMILES string of the molecule is C/C(=N\O)c1c(N2CCOCC2)[nH]c2ccccc2c1=O. The molecular formula is C15H17N3O3. The number of para-hydroxylation sites is 1. The van der Waals surface area contributed by atoms with Crippen molar-refractivity contribution in [1.29, 1.82) is 0 Å². The van der Waals surface area contributed by atoms with Gasteiger partial charge in [-0.05, 0) is 19.1 Å². The van der Waals surface area contributed by atoms with E-state index in [1.165, 1.54) is 0 Å². The number of aromatic nitrogens is 1. The molecule has 2 N–H and O–H groups in total. The van der Waals surface area contributed by atoms with Crippen LogP contribution >= 0.6 is 0 Å². The Hall–Kier alpha value is -2.34. The van der Waals surface area contributed by atoms with Gasteiger partial charge < -0.3 is 19.8 Å². The minimum absolute atomic E-state index is 0.124. The molecule has 1 aromatic heterocycles. The van der Waals surface area contributed by atoms with E-state index in [-0.39, 0.29) is 5.43 Å². The average Bonchev–Trinajstić information content (AvgIpc) is 2.55. The van der Waals surface area contributed by atoms with Gasteiger partial charge in [0, 0.05) is 18.5 Å². The monoisotopic (exact) mass is 287 g/mol. The first-order chi connectivity index (χ1) is 10.2. The standard InChI is InChI=1S/C15H17N3O3/c1-10(17-20)13-14(19)11-4-2-3-5-12(11)16-15(13)18-6-8-21-9-7-18/h2-5,20H,6-9H2,1H3,(H,16,19)/b17-10+. The molecule has 2 heterocycles. The number of benzene rings is 1. The van der Waals surface area contributed by atoms with Crippen molar-refractivity contribution in [3.05, 3.63) is 40.1 Å². The second-order valence-electron chi connectivity index (χ2n) is 5.01. The van der Waals surface area contributed by atoms with Crippen molar-refractivity contribution >= 4 is 22.4 Å². The van der Waals surface area contributed by atoms with Gasteiger partial charge in [-0.15, -0.1) is 0 Å². The Labute approximate surface area is 121 Å². The van der Waals surface area contributed by atoms with Gasteiger partial charge in [0.2, 0.25) is 5.43 Å². The van der Waals surface area contributed by atoms with Crippen LogP contribution in [-0.4, -0.2) is 42.2 Å². The van der Waals surface area contributed by atoms with Crippen LogP contribution in [0, 0.1) is 0 Å². The van der Waals surface area contributed by atoms with E-state index in [0.717, 1.165) is 5.52 Å². The predicted octanol–water partition coefficient (Wildman–Crippen LogP) is 1.56. The molecule has 0 unspecified atom stereocenters. The maximum atomic E-state index is 12.7. The van der Waals surface area contributed by atoms with Gasteiger partial charge in [-0.25, -0.2) is 0 Å². The van der Waals surface area contributed by atoms with Crippen molar-refractivity contribution in [3.63, 3.8) is 0 Å². The van der Waals surface area contributed by atoms with E-state index < -0.39 is 0 Å². The van der Waals surface area contributed by atoms with Crippen LogP contribution in [-0.2, 0) is 4.74 Å². The van der Waals surface area contributed by atoms with Crippen molar-refractivity contribution < 1.29 is 9.94 Å². The molecule has 0 aliphatic carbocycles. The summed E-state index contributed by atoms with van der Waals surface area (Å²) in [4.78, 5) is 18.1. The van der Waals surface area contributed by atoms with Crippen molar-refractivity contribution in [2.45, 2.75) is 6.92 Å². The van der Waals surface area contributed by atoms with E-state index in [1.807, 2.05) is 18.2 Å². The summed E-state index contributed by atoms with van der Waals surface area (Å²) >= 11 is 0. The summed E-state index contributed by atoms with van der Waals surface area (Å²) in [5, 5.41) is 12.9. The summed E-state index contributed by atoms with van der Waals surface area (Å²) < 4.78 is 5.35. The second-order valence-corrected chi connectivity index (χ2v) is 5.01. The number of ether oxygens (including phenoxy) is 1. The number of H-pyrrole nitrogens is 1. The summed E-state index contributed by atoms with van der Waals surface area (Å²) in [7, 11) is 0. The molecule has 0 spiro atoms. The molecule has 1 aliphatic heterocycles. The van der Waals surface area contributed by atoms with E-state index >= 15 is 0 Å². The molecule has 1 saturated heterocycles. The Bertz CT molecular complexity index is 745. The van der Waals surface area contributed by atoms with E-state index in [0.29, 0.717) is 48.8 Å². The van der Waals surface area contributed by atoms with E-state index in [4.69, 9.17) is 9.94 Å². The fourth-order valence-electron chi connectivity index (χ4n) is 2.63. The summed E-state index contributed by atoms with van der Waals surface area (Å²) in [6.45, 7) is 4.25. The number of aromatic amines is 1. The highest BCUT2D eigenvalue weighted by molar-refractivity contribution is 6.05. The Morgan fingerprint density at radius 2 is 2.05 bits per heavy atom. The molecule has 0 amide bonds. The molecule has 0 saturated carbocycles. The van der Waals surface area contributed by atoms with Crippen LogP contribution < -0.4 is 10.3 Å². The highest BCUT2D eigenvalue weighted by Gasteiger charge is 2.21. The molecule has 1 fully saturated rings. The van der Waals surface area contributed by atoms with E-state index in [9.17, 15) is 4.79 Å². The summed E-state index contributed by atoms with van der Waals surface area (Å²) in [5.41, 5.74) is 1.38. The van der Waals surface area contributed by atoms with Gasteiger partial charge in [0.05, 0.1) is 30.0 Å². The number of pyridine rings is 1. The third-order valence-corrected chi connectivity index (χ3v) is 3.73. The summed E-state index contributed by atoms with van der Waals surface area (Å²) in [6.07, 6.45) is 0. The maximum Gasteiger partial charge on any atom is 0.200 e. The molecule has 110 valence electrons. The Morgan fingerprint density at radius 3 is 2.76 bits per heavy atom. The molecule has 0 radical (unpaired) electrons. The number of morpholine rings is 1. The lowest BCUT2D eigenvalue weighted by atomic mass is 10.1. The molecule has 6 nitrogen and oxygen atoms in total. The Morgan fingerprint density at radius 1 is 1.33 bits per heavy atom. The van der Waals surface area contributed by atoms with Crippen LogP contribution in [0.25, 0.3) is 10.9 Å². The quantitative estimate of drug-likeness (QED) is 0.499. The average molecular weight is 287 g/mol. The lowest BCUT2D eigenvalue weighted by molar-refractivity contribution is 0.122. The largest absolute Gasteiger partial charge is 0.411 e. The van der Waals surface area contributed by atoms with Gasteiger partial charge in [0.15, 0.2) is 0 Å². The zero-order valence-electron chi connectivity index (χ0n) is 11.8. The number of nitrogens with zero attached hydrogens (tertiary/aromatic N) is 2. The van der Waals surface area contributed by atoms with Gasteiger partial charge in [0.25, 0.3) is 0 Å². The number of hydrogen-bond acceptors (Lipinski definition) is 5. The fourth-order valence-corrected chi connectivity index (χ4v) is 2.63. The molecule has 3 rings (SSSR count). The van der Waals surface area contributed by atoms with Gasteiger partial charge in [-0.1, -0.05) is 17.3 Å². The first-order valence-electron chi connectivity index (χ1n) is 6.89. The smallest absolute Gasteiger partial charge is 0.200 e. The molecule has 21 heavy (non-hydrogen) atoms. The third-order valence-electron chi connectivity index (χ3n) is 3.73. The fraction of sp³-hybridized carbons (Fsp3) is 0.333. The minimum Gasteiger partial charge on any atom is -0.411 e. The number of oxime groups is 1. The zero-order valence-corrected chi connectivity index (χ0v) is 11.8. The Kier molecular flexibility index (Phi) is 3.62. The summed E-state index contributed by atoms with van der Waals surface area (Å²) in [5.74, 6) is 0.692. The molecule has 1 aliphatic rings. The van der Waals surface area contributed by atoms with Crippen molar-refractivity contribution in [3.8, 4) is 0 Å². The zero-order chi connectivity index (χ0) is 14.8. The molecule has 2 aromatic rings. The van der Waals surface area contributed by atoms with E-state index in [2.05, 4.69) is 15.0 Å². The topological polar surface area (TPSA) is 77.9 Å². The van der Waals surface area contributed by atoms with E-state index in [1.54, 1.807) is 13.0 Å². The number of fused-ring (bicyclic) bond motifs is 1. The van der Waals surface area contributed by atoms with Gasteiger partial charge in [0.1, 0.15) is 5.82 Å². The first kappa shape index (κ1) is 13.6. The first-order valence-corrected chi connectivity index (χ1v) is 6.89. The van der Waals surface area contributed by atoms with Crippen LogP contribution in [0.3, 0.4) is 0 Å². The van der Waals surface area contributed by atoms with Crippen LogP contribution in [0.4, 0.5) is 5.82 Å². The normalized spacial score (nSPS) is 16.4. The highest BCUT2D eigenvalue weighted by Crippen LogP contribution is 2.21.